The zero-order valence-corrected chi connectivity index (χ0v) is 41.9. The predicted octanol–water partition coefficient (Wildman–Crippen LogP) is 13.8. The number of rotatable bonds is 3. The Bertz CT molecular complexity index is 4670. The Morgan fingerprint density at radius 1 is 0.211 bits per heavy atom. The van der Waals surface area contributed by atoms with Gasteiger partial charge in [0, 0.05) is 32.3 Å². The van der Waals surface area contributed by atoms with Crippen molar-refractivity contribution in [3.63, 3.8) is 0 Å². The fourth-order valence-electron chi connectivity index (χ4n) is 13.6. The lowest BCUT2D eigenvalue weighted by molar-refractivity contribution is 0.848. The zero-order valence-electron chi connectivity index (χ0n) is 40.9. The summed E-state index contributed by atoms with van der Waals surface area (Å²) in [6, 6.07) is 94.1. The van der Waals surface area contributed by atoms with Crippen LogP contribution in [0.4, 0.5) is 0 Å². The van der Waals surface area contributed by atoms with E-state index in [9.17, 15) is 0 Å². The minimum atomic E-state index is -3.15. The second-order valence-electron chi connectivity index (χ2n) is 20.2. The van der Waals surface area contributed by atoms with Gasteiger partial charge in [0.15, 0.2) is 8.07 Å². The van der Waals surface area contributed by atoms with Crippen molar-refractivity contribution in [1.29, 1.82) is 0 Å². The molecule has 6 heterocycles. The smallest absolute Gasteiger partial charge is 0.241 e. The van der Waals surface area contributed by atoms with E-state index >= 15 is 0 Å². The summed E-state index contributed by atoms with van der Waals surface area (Å²) < 4.78 is 6.72. The molecular formula is C69H42N6Si. The molecule has 0 unspecified atom stereocenters. The van der Waals surface area contributed by atoms with Crippen LogP contribution in [0.25, 0.3) is 128 Å². The van der Waals surface area contributed by atoms with Crippen molar-refractivity contribution < 1.29 is 0 Å². The zero-order chi connectivity index (χ0) is 49.6. The van der Waals surface area contributed by atoms with Gasteiger partial charge in [0.2, 0.25) is 17.8 Å². The Morgan fingerprint density at radius 2 is 0.461 bits per heavy atom. The maximum atomic E-state index is 5.65. The number of fused-ring (bicyclic) bond motifs is 23. The highest BCUT2D eigenvalue weighted by molar-refractivity contribution is 7.22. The van der Waals surface area contributed by atoms with Gasteiger partial charge in [-0.2, -0.15) is 15.0 Å². The van der Waals surface area contributed by atoms with Crippen LogP contribution < -0.4 is 20.7 Å². The first kappa shape index (κ1) is 41.5. The van der Waals surface area contributed by atoms with E-state index in [0.717, 1.165) is 65.4 Å². The number of benzene rings is 11. The van der Waals surface area contributed by atoms with Gasteiger partial charge in [-0.15, -0.1) is 0 Å². The van der Waals surface area contributed by atoms with Crippen LogP contribution in [0, 0.1) is 0 Å². The van der Waals surface area contributed by atoms with Crippen molar-refractivity contribution >= 4 is 94.2 Å². The van der Waals surface area contributed by atoms with Crippen molar-refractivity contribution in [2.45, 2.75) is 0 Å². The van der Waals surface area contributed by atoms with Gasteiger partial charge in [0.1, 0.15) is 0 Å². The third-order valence-corrected chi connectivity index (χ3v) is 21.6. The fourth-order valence-corrected chi connectivity index (χ4v) is 19.2. The molecule has 0 bridgehead atoms. The van der Waals surface area contributed by atoms with E-state index in [4.69, 9.17) is 15.0 Å². The predicted molar refractivity (Wildman–Crippen MR) is 315 cm³/mol. The maximum Gasteiger partial charge on any atom is 0.241 e. The highest BCUT2D eigenvalue weighted by Gasteiger charge is 2.50. The third kappa shape index (κ3) is 5.45. The first-order valence-corrected chi connectivity index (χ1v) is 28.0. The summed E-state index contributed by atoms with van der Waals surface area (Å²) in [7, 11) is -3.15. The molecule has 0 aliphatic carbocycles. The van der Waals surface area contributed by atoms with Crippen molar-refractivity contribution in [3.8, 4) is 62.4 Å². The molecule has 0 saturated heterocycles. The summed E-state index contributed by atoms with van der Waals surface area (Å²) in [6.45, 7) is 0. The average molecular weight is 983 g/mol. The van der Waals surface area contributed by atoms with Crippen LogP contribution in [0.2, 0.25) is 0 Å². The standard InChI is InChI=1S/C69H42N6Si/c1-2-22-44-43(21-1)50-28-8-17-37-63(50)76(64-38-18-9-29-51(44)64)65-39-19-10-30-52(65)54-41-56-49-27-7-16-36-61(49)75(62(56)42-55(54)53-31-11-20-40-66(53)76)69-71-67(73-57-32-12-3-23-45(57)46-24-4-13-33-58(46)73)70-68(72-69)74-59-34-14-5-25-47(59)48-26-6-15-35-60(48)74/h1-42H. The van der Waals surface area contributed by atoms with Crippen LogP contribution in [0.1, 0.15) is 0 Å². The van der Waals surface area contributed by atoms with Gasteiger partial charge in [0.25, 0.3) is 0 Å². The average Bonchev–Trinajstić information content (AvgIpc) is 4.17. The molecule has 4 aromatic heterocycles. The highest BCUT2D eigenvalue weighted by atomic mass is 28.3. The minimum absolute atomic E-state index is 0.535. The molecule has 15 aromatic rings. The number of hydrogen-bond acceptors (Lipinski definition) is 3. The van der Waals surface area contributed by atoms with E-state index in [-0.39, 0.29) is 0 Å². The highest BCUT2D eigenvalue weighted by Crippen LogP contribution is 2.45. The minimum Gasteiger partial charge on any atom is -0.278 e. The summed E-state index contributed by atoms with van der Waals surface area (Å²) in [5.41, 5.74) is 16.2. The lowest BCUT2D eigenvalue weighted by atomic mass is 9.92. The van der Waals surface area contributed by atoms with E-state index in [1.807, 2.05) is 0 Å². The van der Waals surface area contributed by atoms with Crippen molar-refractivity contribution in [1.82, 2.24) is 28.7 Å². The molecule has 0 saturated carbocycles. The van der Waals surface area contributed by atoms with Crippen LogP contribution in [0.15, 0.2) is 255 Å². The second kappa shape index (κ2) is 15.5. The van der Waals surface area contributed by atoms with Crippen LogP contribution in [-0.4, -0.2) is 36.7 Å². The summed E-state index contributed by atoms with van der Waals surface area (Å²) in [4.78, 5) is 16.8. The van der Waals surface area contributed by atoms with Crippen LogP contribution in [0.5, 0.6) is 0 Å². The van der Waals surface area contributed by atoms with Crippen LogP contribution >= 0.6 is 0 Å². The number of nitrogens with zero attached hydrogens (tertiary/aromatic N) is 6. The molecule has 6 nitrogen and oxygen atoms in total. The topological polar surface area (TPSA) is 53.5 Å². The molecule has 0 amide bonds. The van der Waals surface area contributed by atoms with Gasteiger partial charge in [-0.25, -0.2) is 0 Å². The van der Waals surface area contributed by atoms with Gasteiger partial charge < -0.3 is 0 Å². The molecule has 7 heteroatoms. The normalized spacial score (nSPS) is 13.1. The molecule has 0 N–H and O–H groups in total. The first-order valence-electron chi connectivity index (χ1n) is 26.0. The largest absolute Gasteiger partial charge is 0.278 e. The Hall–Kier alpha value is -9.95. The van der Waals surface area contributed by atoms with Gasteiger partial charge in [0.05, 0.1) is 33.1 Å². The molecule has 0 atom stereocenters. The lowest BCUT2D eigenvalue weighted by Crippen LogP contribution is -2.75. The molecule has 2 aliphatic rings. The van der Waals surface area contributed by atoms with Gasteiger partial charge in [-0.3, -0.25) is 13.7 Å². The summed E-state index contributed by atoms with van der Waals surface area (Å²) in [5.74, 6) is 1.62. The van der Waals surface area contributed by atoms with E-state index in [1.165, 1.54) is 65.3 Å². The molecule has 0 fully saturated rings. The monoisotopic (exact) mass is 982 g/mol. The van der Waals surface area contributed by atoms with Crippen LogP contribution in [-0.2, 0) is 0 Å². The van der Waals surface area contributed by atoms with Gasteiger partial charge >= 0.3 is 0 Å². The number of hydrogen-bond donors (Lipinski definition) is 0. The third-order valence-electron chi connectivity index (χ3n) is 16.6. The van der Waals surface area contributed by atoms with Crippen LogP contribution in [0.3, 0.4) is 0 Å². The van der Waals surface area contributed by atoms with Crippen molar-refractivity contribution in [2.24, 2.45) is 0 Å². The quantitative estimate of drug-likeness (QED) is 0.166. The Kier molecular flexibility index (Phi) is 8.49. The summed E-state index contributed by atoms with van der Waals surface area (Å²) in [6.07, 6.45) is 0. The van der Waals surface area contributed by atoms with E-state index in [2.05, 4.69) is 268 Å². The SMILES string of the molecule is c1ccc2c(c1)-c1ccccc1[Si]1(c3ccccc3-2)c2ccccc2-c2cc3c4ccccc4n(-c4nc(-n5c6ccccc6c6ccccc65)nc(-n5c6ccccc6c6ccccc65)n4)c3cc2-c2ccccc21. The molecule has 76 heavy (non-hydrogen) atoms. The molecular weight excluding hydrogens is 941 g/mol. The maximum absolute atomic E-state index is 5.65. The van der Waals surface area contributed by atoms with E-state index in [1.54, 1.807) is 0 Å². The molecule has 0 radical (unpaired) electrons. The molecule has 352 valence electrons. The fraction of sp³-hybridized carbons (Fsp3) is 0. The Morgan fingerprint density at radius 3 is 0.816 bits per heavy atom. The van der Waals surface area contributed by atoms with Gasteiger partial charge in [-0.1, -0.05) is 212 Å². The first-order chi connectivity index (χ1) is 37.7. The van der Waals surface area contributed by atoms with Crippen molar-refractivity contribution in [2.75, 3.05) is 0 Å². The number of para-hydroxylation sites is 5. The molecule has 1 spiro atoms. The van der Waals surface area contributed by atoms with Gasteiger partial charge in [-0.05, 0) is 108 Å². The Labute approximate surface area is 437 Å². The Balaban J connectivity index is 1.00. The molecule has 2 aliphatic heterocycles. The molecule has 11 aromatic carbocycles. The number of aromatic nitrogens is 6. The molecule has 17 rings (SSSR count). The lowest BCUT2D eigenvalue weighted by Gasteiger charge is -2.37. The summed E-state index contributed by atoms with van der Waals surface area (Å²) >= 11 is 0. The van der Waals surface area contributed by atoms with Crippen molar-refractivity contribution in [3.05, 3.63) is 255 Å². The second-order valence-corrected chi connectivity index (χ2v) is 23.9. The summed E-state index contributed by atoms with van der Waals surface area (Å²) in [5, 5.41) is 12.4. The van der Waals surface area contributed by atoms with E-state index in [0.29, 0.717) is 17.8 Å². The van der Waals surface area contributed by atoms with E-state index < -0.39 is 8.07 Å².